The minimum Gasteiger partial charge on any atom is -0.486 e. The molecular weight excluding hydrogens is 370 g/mol. The van der Waals surface area contributed by atoms with Crippen molar-refractivity contribution in [3.63, 3.8) is 0 Å². The molecule has 3 rings (SSSR count). The number of hydrogen-bond donors (Lipinski definition) is 0. The van der Waals surface area contributed by atoms with Crippen molar-refractivity contribution >= 4 is 18.0 Å². The zero-order valence-electron chi connectivity index (χ0n) is 16.7. The second-order valence-electron chi connectivity index (χ2n) is 6.86. The Hall–Kier alpha value is -3.28. The summed E-state index contributed by atoms with van der Waals surface area (Å²) in [5.74, 6) is 0.435. The molecule has 6 nitrogen and oxygen atoms in total. The number of esters is 1. The maximum absolute atomic E-state index is 12.9. The molecule has 1 aliphatic heterocycles. The Labute approximate surface area is 170 Å². The molecule has 6 heteroatoms. The van der Waals surface area contributed by atoms with Gasteiger partial charge in [0.05, 0.1) is 13.0 Å². The van der Waals surface area contributed by atoms with Gasteiger partial charge in [-0.2, -0.15) is 0 Å². The van der Waals surface area contributed by atoms with Gasteiger partial charge >= 0.3 is 5.97 Å². The van der Waals surface area contributed by atoms with Crippen LogP contribution in [0.5, 0.6) is 11.5 Å². The number of rotatable bonds is 7. The molecule has 1 heterocycles. The van der Waals surface area contributed by atoms with Crippen molar-refractivity contribution in [3.8, 4) is 11.5 Å². The second-order valence-corrected chi connectivity index (χ2v) is 6.86. The van der Waals surface area contributed by atoms with Crippen molar-refractivity contribution < 1.29 is 23.8 Å². The Kier molecular flexibility index (Phi) is 6.89. The average molecular weight is 395 g/mol. The summed E-state index contributed by atoms with van der Waals surface area (Å²) in [7, 11) is 1.35. The van der Waals surface area contributed by atoms with E-state index in [1.54, 1.807) is 17.9 Å². The maximum Gasteiger partial charge on any atom is 0.310 e. The van der Waals surface area contributed by atoms with Crippen molar-refractivity contribution in [2.45, 2.75) is 13.5 Å². The van der Waals surface area contributed by atoms with Crippen LogP contribution >= 0.6 is 0 Å². The molecule has 29 heavy (non-hydrogen) atoms. The Bertz CT molecular complexity index is 878. The third-order valence-electron chi connectivity index (χ3n) is 4.61. The lowest BCUT2D eigenvalue weighted by Gasteiger charge is -2.24. The van der Waals surface area contributed by atoms with Gasteiger partial charge in [-0.15, -0.1) is 0 Å². The lowest BCUT2D eigenvalue weighted by Crippen LogP contribution is -2.35. The van der Waals surface area contributed by atoms with Crippen LogP contribution in [0.2, 0.25) is 0 Å². The molecule has 0 N–H and O–H groups in total. The number of carbonyl (C=O) groups is 2. The van der Waals surface area contributed by atoms with Gasteiger partial charge in [0.1, 0.15) is 13.2 Å². The molecule has 1 atom stereocenters. The quantitative estimate of drug-likeness (QED) is 0.532. The van der Waals surface area contributed by atoms with Crippen LogP contribution in [0.25, 0.3) is 6.08 Å². The summed E-state index contributed by atoms with van der Waals surface area (Å²) in [5, 5.41) is 0. The van der Waals surface area contributed by atoms with E-state index in [9.17, 15) is 9.59 Å². The van der Waals surface area contributed by atoms with Gasteiger partial charge in [-0.3, -0.25) is 9.59 Å². The molecule has 2 aromatic carbocycles. The van der Waals surface area contributed by atoms with Gasteiger partial charge in [0, 0.05) is 19.2 Å². The van der Waals surface area contributed by atoms with Crippen LogP contribution in [0.1, 0.15) is 18.1 Å². The first kappa shape index (κ1) is 20.5. The summed E-state index contributed by atoms with van der Waals surface area (Å²) in [5.41, 5.74) is 1.83. The third kappa shape index (κ3) is 5.60. The minimum absolute atomic E-state index is 0.181. The van der Waals surface area contributed by atoms with E-state index in [2.05, 4.69) is 0 Å². The highest BCUT2D eigenvalue weighted by molar-refractivity contribution is 5.92. The molecule has 0 spiro atoms. The van der Waals surface area contributed by atoms with E-state index in [1.807, 2.05) is 48.5 Å². The van der Waals surface area contributed by atoms with Crippen LogP contribution in [-0.2, 0) is 20.9 Å². The standard InChI is InChI=1S/C23H25NO5/c1-17(23(26)27-2)15-24(16-19-6-4-3-5-7-19)22(25)11-9-18-8-10-20-21(14-18)29-13-12-28-20/h3-11,14,17H,12-13,15-16H2,1-2H3/b11-9+. The predicted octanol–water partition coefficient (Wildman–Crippen LogP) is 3.31. The summed E-state index contributed by atoms with van der Waals surface area (Å²) >= 11 is 0. The Balaban J connectivity index is 1.74. The molecule has 0 bridgehead atoms. The second kappa shape index (κ2) is 9.78. The van der Waals surface area contributed by atoms with Crippen molar-refractivity contribution in [1.29, 1.82) is 0 Å². The molecule has 0 saturated heterocycles. The van der Waals surface area contributed by atoms with Gasteiger partial charge in [0.15, 0.2) is 11.5 Å². The molecule has 2 aromatic rings. The monoisotopic (exact) mass is 395 g/mol. The highest BCUT2D eigenvalue weighted by atomic mass is 16.6. The number of ether oxygens (including phenoxy) is 3. The molecule has 0 saturated carbocycles. The summed E-state index contributed by atoms with van der Waals surface area (Å²) in [4.78, 5) is 26.4. The van der Waals surface area contributed by atoms with E-state index in [4.69, 9.17) is 14.2 Å². The predicted molar refractivity (Wildman–Crippen MR) is 110 cm³/mol. The van der Waals surface area contributed by atoms with Gasteiger partial charge < -0.3 is 19.1 Å². The van der Waals surface area contributed by atoms with Crippen molar-refractivity contribution in [2.75, 3.05) is 26.9 Å². The number of amides is 1. The molecule has 1 aliphatic rings. The van der Waals surface area contributed by atoms with E-state index in [-0.39, 0.29) is 18.4 Å². The molecule has 0 aromatic heterocycles. The van der Waals surface area contributed by atoms with Crippen molar-refractivity contribution in [2.24, 2.45) is 5.92 Å². The summed E-state index contributed by atoms with van der Waals surface area (Å²) in [6.45, 7) is 3.48. The third-order valence-corrected chi connectivity index (χ3v) is 4.61. The van der Waals surface area contributed by atoms with Crippen LogP contribution < -0.4 is 9.47 Å². The largest absolute Gasteiger partial charge is 0.486 e. The Morgan fingerprint density at radius 3 is 2.55 bits per heavy atom. The maximum atomic E-state index is 12.9. The normalized spacial score (nSPS) is 13.7. The molecule has 1 unspecified atom stereocenters. The topological polar surface area (TPSA) is 65.1 Å². The lowest BCUT2D eigenvalue weighted by molar-refractivity contribution is -0.146. The SMILES string of the molecule is COC(=O)C(C)CN(Cc1ccccc1)C(=O)/C=C/c1ccc2c(c1)OCCO2. The van der Waals surface area contributed by atoms with E-state index < -0.39 is 5.92 Å². The van der Waals surface area contributed by atoms with Crippen LogP contribution in [-0.4, -0.2) is 43.6 Å². The Morgan fingerprint density at radius 2 is 1.83 bits per heavy atom. The zero-order chi connectivity index (χ0) is 20.6. The van der Waals surface area contributed by atoms with Crippen molar-refractivity contribution in [1.82, 2.24) is 4.90 Å². The van der Waals surface area contributed by atoms with E-state index in [1.165, 1.54) is 13.2 Å². The van der Waals surface area contributed by atoms with Gasteiger partial charge in [-0.1, -0.05) is 43.3 Å². The highest BCUT2D eigenvalue weighted by Gasteiger charge is 2.20. The molecule has 0 fully saturated rings. The first-order valence-electron chi connectivity index (χ1n) is 9.55. The molecule has 152 valence electrons. The number of hydrogen-bond acceptors (Lipinski definition) is 5. The molecule has 1 amide bonds. The van der Waals surface area contributed by atoms with Gasteiger partial charge in [0.2, 0.25) is 5.91 Å². The smallest absolute Gasteiger partial charge is 0.310 e. The number of fused-ring (bicyclic) bond motifs is 1. The zero-order valence-corrected chi connectivity index (χ0v) is 16.7. The minimum atomic E-state index is -0.421. The molecule has 0 radical (unpaired) electrons. The van der Waals surface area contributed by atoms with Crippen molar-refractivity contribution in [3.05, 3.63) is 65.7 Å². The fraction of sp³-hybridized carbons (Fsp3) is 0.304. The lowest BCUT2D eigenvalue weighted by atomic mass is 10.1. The van der Waals surface area contributed by atoms with Crippen LogP contribution in [0.4, 0.5) is 0 Å². The number of carbonyl (C=O) groups excluding carboxylic acids is 2. The summed E-state index contributed by atoms with van der Waals surface area (Å²) in [6.07, 6.45) is 3.25. The fourth-order valence-corrected chi connectivity index (χ4v) is 3.08. The van der Waals surface area contributed by atoms with Crippen LogP contribution in [0.3, 0.4) is 0 Å². The van der Waals surface area contributed by atoms with E-state index in [0.717, 1.165) is 11.1 Å². The highest BCUT2D eigenvalue weighted by Crippen LogP contribution is 2.31. The number of benzene rings is 2. The van der Waals surface area contributed by atoms with Gasteiger partial charge in [0.25, 0.3) is 0 Å². The first-order valence-corrected chi connectivity index (χ1v) is 9.55. The van der Waals surface area contributed by atoms with E-state index >= 15 is 0 Å². The summed E-state index contributed by atoms with van der Waals surface area (Å²) < 4.78 is 15.9. The first-order chi connectivity index (χ1) is 14.1. The Morgan fingerprint density at radius 1 is 1.10 bits per heavy atom. The number of methoxy groups -OCH3 is 1. The van der Waals surface area contributed by atoms with Crippen LogP contribution in [0.15, 0.2) is 54.6 Å². The van der Waals surface area contributed by atoms with E-state index in [0.29, 0.717) is 31.3 Å². The van der Waals surface area contributed by atoms with Gasteiger partial charge in [-0.25, -0.2) is 0 Å². The fourth-order valence-electron chi connectivity index (χ4n) is 3.08. The van der Waals surface area contributed by atoms with Crippen LogP contribution in [0, 0.1) is 5.92 Å². The summed E-state index contributed by atoms with van der Waals surface area (Å²) in [6, 6.07) is 15.2. The number of nitrogens with zero attached hydrogens (tertiary/aromatic N) is 1. The molecular formula is C23H25NO5. The van der Waals surface area contributed by atoms with Gasteiger partial charge in [-0.05, 0) is 29.3 Å². The average Bonchev–Trinajstić information content (AvgIpc) is 2.76. The molecule has 0 aliphatic carbocycles.